The zero-order valence-corrected chi connectivity index (χ0v) is 17.6. The molecular formula is C26H32N2O. The number of nitrogens with zero attached hydrogens (tertiary/aromatic N) is 1. The molecule has 0 saturated carbocycles. The van der Waals surface area contributed by atoms with Crippen molar-refractivity contribution in [2.45, 2.75) is 51.9 Å². The molecule has 0 spiro atoms. The van der Waals surface area contributed by atoms with Gasteiger partial charge in [0, 0.05) is 18.3 Å². The van der Waals surface area contributed by atoms with E-state index in [4.69, 9.17) is 0 Å². The zero-order valence-electron chi connectivity index (χ0n) is 17.6. The van der Waals surface area contributed by atoms with Gasteiger partial charge in [-0.2, -0.15) is 0 Å². The summed E-state index contributed by atoms with van der Waals surface area (Å²) < 4.78 is 0. The summed E-state index contributed by atoms with van der Waals surface area (Å²) >= 11 is 0. The van der Waals surface area contributed by atoms with E-state index in [1.54, 1.807) is 5.57 Å². The van der Waals surface area contributed by atoms with E-state index in [0.29, 0.717) is 24.3 Å². The molecule has 0 aliphatic heterocycles. The highest BCUT2D eigenvalue weighted by atomic mass is 16.5. The first-order valence-corrected chi connectivity index (χ1v) is 10.9. The van der Waals surface area contributed by atoms with E-state index < -0.39 is 0 Å². The third-order valence-electron chi connectivity index (χ3n) is 5.91. The fraction of sp³-hybridized carbons (Fsp3) is 0.423. The van der Waals surface area contributed by atoms with E-state index >= 15 is 0 Å². The summed E-state index contributed by atoms with van der Waals surface area (Å²) in [7, 11) is 0. The number of nitrogens with one attached hydrogen (secondary N) is 1. The Morgan fingerprint density at radius 3 is 2.52 bits per heavy atom. The molecule has 1 heterocycles. The molecule has 3 heteroatoms. The van der Waals surface area contributed by atoms with Crippen molar-refractivity contribution in [2.24, 2.45) is 11.8 Å². The summed E-state index contributed by atoms with van der Waals surface area (Å²) in [6, 6.07) is 14.2. The molecule has 0 amide bonds. The number of allylic oxidation sites excluding steroid dienone is 1. The van der Waals surface area contributed by atoms with E-state index in [1.165, 1.54) is 31.2 Å². The van der Waals surface area contributed by atoms with Crippen molar-refractivity contribution in [1.29, 1.82) is 0 Å². The third-order valence-corrected chi connectivity index (χ3v) is 5.91. The number of benzene rings is 1. The van der Waals surface area contributed by atoms with E-state index in [9.17, 15) is 5.21 Å². The number of hydroxylamine groups is 1. The van der Waals surface area contributed by atoms with Crippen molar-refractivity contribution in [3.63, 3.8) is 0 Å². The number of rotatable bonds is 8. The van der Waals surface area contributed by atoms with Crippen LogP contribution in [0.4, 0.5) is 0 Å². The Balaban J connectivity index is 1.77. The Bertz CT molecular complexity index is 846. The molecule has 29 heavy (non-hydrogen) atoms. The van der Waals surface area contributed by atoms with Crippen LogP contribution in [0.5, 0.6) is 0 Å². The Kier molecular flexibility index (Phi) is 8.04. The topological polar surface area (TPSA) is 45.1 Å². The van der Waals surface area contributed by atoms with E-state index in [-0.39, 0.29) is 0 Å². The van der Waals surface area contributed by atoms with Crippen molar-refractivity contribution >= 4 is 0 Å². The first-order chi connectivity index (χ1) is 14.3. The maximum Gasteiger partial charge on any atom is 0.113 e. The van der Waals surface area contributed by atoms with E-state index in [2.05, 4.69) is 48.3 Å². The quantitative estimate of drug-likeness (QED) is 0.264. The van der Waals surface area contributed by atoms with Gasteiger partial charge in [-0.05, 0) is 66.7 Å². The molecule has 0 fully saturated rings. The lowest BCUT2D eigenvalue weighted by Gasteiger charge is -2.26. The summed E-state index contributed by atoms with van der Waals surface area (Å²) in [5.41, 5.74) is 6.98. The van der Waals surface area contributed by atoms with Crippen LogP contribution in [0.1, 0.15) is 68.7 Å². The molecule has 0 unspecified atom stereocenters. The van der Waals surface area contributed by atoms with Crippen LogP contribution in [0.15, 0.2) is 60.3 Å². The Morgan fingerprint density at radius 2 is 1.86 bits per heavy atom. The average molecular weight is 389 g/mol. The van der Waals surface area contributed by atoms with E-state index in [0.717, 1.165) is 17.7 Å². The minimum absolute atomic E-state index is 0.296. The van der Waals surface area contributed by atoms with Gasteiger partial charge in [0.25, 0.3) is 0 Å². The third kappa shape index (κ3) is 5.56. The van der Waals surface area contributed by atoms with Crippen LogP contribution < -0.4 is 5.48 Å². The lowest BCUT2D eigenvalue weighted by Crippen LogP contribution is -2.24. The second-order valence-corrected chi connectivity index (χ2v) is 7.86. The number of hydrogen-bond acceptors (Lipinski definition) is 3. The molecule has 0 saturated heterocycles. The molecule has 3 atom stereocenters. The van der Waals surface area contributed by atoms with Gasteiger partial charge in [-0.25, -0.2) is 10.5 Å². The Morgan fingerprint density at radius 1 is 1.03 bits per heavy atom. The van der Waals surface area contributed by atoms with E-state index in [1.807, 2.05) is 42.6 Å². The average Bonchev–Trinajstić information content (AvgIpc) is 3.11. The van der Waals surface area contributed by atoms with Crippen molar-refractivity contribution in [3.05, 3.63) is 77.1 Å². The Hall–Kier alpha value is -2.41. The van der Waals surface area contributed by atoms with Crippen molar-refractivity contribution < 1.29 is 5.21 Å². The van der Waals surface area contributed by atoms with Gasteiger partial charge >= 0.3 is 0 Å². The molecule has 152 valence electrons. The summed E-state index contributed by atoms with van der Waals surface area (Å²) in [5, 5.41) is 9.36. The Labute approximate surface area is 175 Å². The summed E-state index contributed by atoms with van der Waals surface area (Å²) in [5.74, 6) is 7.50. The highest BCUT2D eigenvalue weighted by Crippen LogP contribution is 2.46. The maximum atomic E-state index is 9.36. The number of aromatic nitrogens is 1. The number of unbranched alkanes of at least 4 members (excludes halogenated alkanes) is 2. The minimum atomic E-state index is 0.296. The monoisotopic (exact) mass is 388 g/mol. The molecule has 0 radical (unpaired) electrons. The molecule has 1 aliphatic rings. The molecule has 0 bridgehead atoms. The molecule has 1 aromatic heterocycles. The van der Waals surface area contributed by atoms with Crippen LogP contribution in [-0.2, 0) is 0 Å². The molecule has 1 aromatic carbocycles. The normalized spacial score (nSPS) is 20.8. The zero-order chi connectivity index (χ0) is 20.5. The fourth-order valence-electron chi connectivity index (χ4n) is 4.50. The first kappa shape index (κ1) is 21.3. The summed E-state index contributed by atoms with van der Waals surface area (Å²) in [4.78, 5) is 4.62. The predicted molar refractivity (Wildman–Crippen MR) is 119 cm³/mol. The standard InChI is InChI=1S/C26H32N2O/c1-3-5-7-12-21-17-23(19-28-29)26(25(21)4-2)22-14-16-24(27-18-22)15-13-20-10-8-6-9-11-20/h6,8-11,14,16-18,23,25-26,28-29H,3-5,7,12,19H2,1-2H3/t23-,25-,26+/m1/s1. The van der Waals surface area contributed by atoms with Crippen LogP contribution in [0.25, 0.3) is 0 Å². The second kappa shape index (κ2) is 11.0. The van der Waals surface area contributed by atoms with Crippen molar-refractivity contribution in [3.8, 4) is 11.8 Å². The van der Waals surface area contributed by atoms with Gasteiger partial charge in [0.2, 0.25) is 0 Å². The largest absolute Gasteiger partial charge is 0.317 e. The minimum Gasteiger partial charge on any atom is -0.317 e. The van der Waals surface area contributed by atoms with Gasteiger partial charge in [-0.1, -0.05) is 68.5 Å². The number of hydrogen-bond donors (Lipinski definition) is 2. The van der Waals surface area contributed by atoms with Gasteiger partial charge in [-0.3, -0.25) is 0 Å². The highest BCUT2D eigenvalue weighted by Gasteiger charge is 2.36. The van der Waals surface area contributed by atoms with Gasteiger partial charge < -0.3 is 5.21 Å². The maximum absolute atomic E-state index is 9.36. The summed E-state index contributed by atoms with van der Waals surface area (Å²) in [6.07, 6.45) is 10.4. The smallest absolute Gasteiger partial charge is 0.113 e. The lowest BCUT2D eigenvalue weighted by atomic mass is 9.79. The van der Waals surface area contributed by atoms with Gasteiger partial charge in [-0.15, -0.1) is 0 Å². The fourth-order valence-corrected chi connectivity index (χ4v) is 4.50. The van der Waals surface area contributed by atoms with Gasteiger partial charge in [0.15, 0.2) is 0 Å². The molecule has 3 rings (SSSR count). The highest BCUT2D eigenvalue weighted by molar-refractivity contribution is 5.41. The van der Waals surface area contributed by atoms with Gasteiger partial charge in [0.1, 0.15) is 5.69 Å². The summed E-state index contributed by atoms with van der Waals surface area (Å²) in [6.45, 7) is 5.09. The van der Waals surface area contributed by atoms with Gasteiger partial charge in [0.05, 0.1) is 0 Å². The van der Waals surface area contributed by atoms with Crippen LogP contribution in [-0.4, -0.2) is 16.7 Å². The molecule has 2 N–H and O–H groups in total. The second-order valence-electron chi connectivity index (χ2n) is 7.86. The van der Waals surface area contributed by atoms with Crippen molar-refractivity contribution in [1.82, 2.24) is 10.5 Å². The lowest BCUT2D eigenvalue weighted by molar-refractivity contribution is 0.149. The first-order valence-electron chi connectivity index (χ1n) is 10.9. The molecule has 3 nitrogen and oxygen atoms in total. The van der Waals surface area contributed by atoms with Crippen LogP contribution in [0.3, 0.4) is 0 Å². The molecular weight excluding hydrogens is 356 g/mol. The predicted octanol–water partition coefficient (Wildman–Crippen LogP) is 5.71. The molecule has 1 aliphatic carbocycles. The SMILES string of the molecule is CCCCCC1=C[C@H](CNO)[C@H](c2ccc(C#Cc3ccccc3)nc2)[C@@H]1CC. The van der Waals surface area contributed by atoms with Crippen LogP contribution >= 0.6 is 0 Å². The number of pyridine rings is 1. The van der Waals surface area contributed by atoms with Crippen LogP contribution in [0.2, 0.25) is 0 Å². The molecule has 2 aromatic rings. The van der Waals surface area contributed by atoms with Crippen molar-refractivity contribution in [2.75, 3.05) is 6.54 Å². The van der Waals surface area contributed by atoms with Crippen LogP contribution in [0, 0.1) is 23.7 Å².